The van der Waals surface area contributed by atoms with E-state index < -0.39 is 32.5 Å². The molecule has 1 saturated heterocycles. The van der Waals surface area contributed by atoms with Crippen molar-refractivity contribution in [2.24, 2.45) is 0 Å². The van der Waals surface area contributed by atoms with Gasteiger partial charge in [-0.05, 0) is 38.8 Å². The van der Waals surface area contributed by atoms with Crippen molar-refractivity contribution in [3.8, 4) is 0 Å². The van der Waals surface area contributed by atoms with Gasteiger partial charge in [0, 0.05) is 19.3 Å². The van der Waals surface area contributed by atoms with Gasteiger partial charge >= 0.3 is 6.18 Å². The van der Waals surface area contributed by atoms with Crippen LogP contribution in [0.3, 0.4) is 0 Å². The van der Waals surface area contributed by atoms with Crippen LogP contribution in [0.15, 0.2) is 18.2 Å². The molecule has 0 aromatic carbocycles. The number of carbonyl (C=O) groups is 1. The highest BCUT2D eigenvalue weighted by Crippen LogP contribution is 2.28. The standard InChI is InChI=1S/C15H20F3N3O4S/c1-14(2,26(23,24)21-10-6-8-25-9-7-10)13(22)20-12-5-3-4-11(19-12)15(16,17)18/h3-5,10,21H,6-9H2,1-2H3,(H,19,20,22). The van der Waals surface area contributed by atoms with Gasteiger partial charge in [-0.15, -0.1) is 0 Å². The smallest absolute Gasteiger partial charge is 0.381 e. The molecule has 1 aliphatic rings. The van der Waals surface area contributed by atoms with Crippen molar-refractivity contribution < 1.29 is 31.1 Å². The van der Waals surface area contributed by atoms with Crippen LogP contribution in [0.1, 0.15) is 32.4 Å². The zero-order valence-corrected chi connectivity index (χ0v) is 15.1. The number of carbonyl (C=O) groups excluding carboxylic acids is 1. The van der Waals surface area contributed by atoms with E-state index in [0.29, 0.717) is 26.1 Å². The molecule has 146 valence electrons. The fourth-order valence-corrected chi connectivity index (χ4v) is 3.50. The molecule has 7 nitrogen and oxygen atoms in total. The largest absolute Gasteiger partial charge is 0.433 e. The molecule has 2 heterocycles. The lowest BCUT2D eigenvalue weighted by atomic mass is 10.1. The third-order valence-corrected chi connectivity index (χ3v) is 6.22. The number of hydrogen-bond acceptors (Lipinski definition) is 5. The summed E-state index contributed by atoms with van der Waals surface area (Å²) >= 11 is 0. The zero-order valence-electron chi connectivity index (χ0n) is 14.3. The summed E-state index contributed by atoms with van der Waals surface area (Å²) in [6, 6.07) is 2.63. The zero-order chi connectivity index (χ0) is 19.6. The van der Waals surface area contributed by atoms with Gasteiger partial charge in [0.2, 0.25) is 15.9 Å². The number of halogens is 3. The molecule has 1 aromatic heterocycles. The van der Waals surface area contributed by atoms with Crippen LogP contribution in [0.2, 0.25) is 0 Å². The number of rotatable bonds is 5. The van der Waals surface area contributed by atoms with Gasteiger partial charge in [0.05, 0.1) is 0 Å². The summed E-state index contributed by atoms with van der Waals surface area (Å²) in [7, 11) is -4.08. The molecular formula is C15H20F3N3O4S. The number of aromatic nitrogens is 1. The Morgan fingerprint density at radius 1 is 1.23 bits per heavy atom. The highest BCUT2D eigenvalue weighted by Gasteiger charge is 2.43. The van der Waals surface area contributed by atoms with Crippen LogP contribution in [0.25, 0.3) is 0 Å². The van der Waals surface area contributed by atoms with E-state index in [-0.39, 0.29) is 11.9 Å². The topological polar surface area (TPSA) is 97.4 Å². The highest BCUT2D eigenvalue weighted by atomic mass is 32.2. The molecule has 0 spiro atoms. The molecule has 2 rings (SSSR count). The first-order valence-electron chi connectivity index (χ1n) is 7.89. The normalized spacial score (nSPS) is 17.1. The molecular weight excluding hydrogens is 375 g/mol. The van der Waals surface area contributed by atoms with Crippen LogP contribution < -0.4 is 10.0 Å². The molecule has 0 saturated carbocycles. The summed E-state index contributed by atoms with van der Waals surface area (Å²) in [5, 5.41) is 2.14. The quantitative estimate of drug-likeness (QED) is 0.794. The number of alkyl halides is 3. The number of amides is 1. The van der Waals surface area contributed by atoms with E-state index in [1.807, 2.05) is 0 Å². The molecule has 2 N–H and O–H groups in total. The molecule has 0 unspecified atom stereocenters. The lowest BCUT2D eigenvalue weighted by Gasteiger charge is -2.29. The number of sulfonamides is 1. The number of ether oxygens (including phenoxy) is 1. The SMILES string of the molecule is CC(C)(C(=O)Nc1cccc(C(F)(F)F)n1)S(=O)(=O)NC1CCOCC1. The van der Waals surface area contributed by atoms with Crippen molar-refractivity contribution in [1.82, 2.24) is 9.71 Å². The summed E-state index contributed by atoms with van der Waals surface area (Å²) in [6.45, 7) is 3.18. The van der Waals surface area contributed by atoms with Gasteiger partial charge in [-0.1, -0.05) is 6.07 Å². The minimum absolute atomic E-state index is 0.354. The van der Waals surface area contributed by atoms with E-state index in [9.17, 15) is 26.4 Å². The molecule has 1 fully saturated rings. The fourth-order valence-electron chi connectivity index (χ4n) is 2.23. The second-order valence-electron chi connectivity index (χ2n) is 6.38. The highest BCUT2D eigenvalue weighted by molar-refractivity contribution is 7.91. The van der Waals surface area contributed by atoms with Crippen molar-refractivity contribution >= 4 is 21.7 Å². The minimum Gasteiger partial charge on any atom is -0.381 e. The molecule has 1 aliphatic heterocycles. The van der Waals surface area contributed by atoms with Crippen LogP contribution >= 0.6 is 0 Å². The van der Waals surface area contributed by atoms with E-state index in [1.165, 1.54) is 13.8 Å². The molecule has 1 aromatic rings. The third-order valence-electron chi connectivity index (χ3n) is 4.04. The number of hydrogen-bond donors (Lipinski definition) is 2. The molecule has 0 bridgehead atoms. The van der Waals surface area contributed by atoms with Gasteiger partial charge in [0.1, 0.15) is 11.5 Å². The van der Waals surface area contributed by atoms with E-state index in [4.69, 9.17) is 4.74 Å². The summed E-state index contributed by atoms with van der Waals surface area (Å²) in [5.41, 5.74) is -1.18. The van der Waals surface area contributed by atoms with Crippen molar-refractivity contribution in [3.05, 3.63) is 23.9 Å². The van der Waals surface area contributed by atoms with E-state index >= 15 is 0 Å². The number of pyridine rings is 1. The van der Waals surface area contributed by atoms with Crippen LogP contribution in [0, 0.1) is 0 Å². The van der Waals surface area contributed by atoms with Crippen LogP contribution in [0.4, 0.5) is 19.0 Å². The molecule has 1 amide bonds. The monoisotopic (exact) mass is 395 g/mol. The Morgan fingerprint density at radius 2 is 1.85 bits per heavy atom. The summed E-state index contributed by atoms with van der Waals surface area (Å²) in [6.07, 6.45) is -3.72. The first-order chi connectivity index (χ1) is 11.9. The number of nitrogens with zero attached hydrogens (tertiary/aromatic N) is 1. The van der Waals surface area contributed by atoms with E-state index in [1.54, 1.807) is 0 Å². The number of nitrogens with one attached hydrogen (secondary N) is 2. The molecule has 26 heavy (non-hydrogen) atoms. The maximum absolute atomic E-state index is 12.7. The van der Waals surface area contributed by atoms with Gasteiger partial charge in [-0.25, -0.2) is 18.1 Å². The Morgan fingerprint density at radius 3 is 2.42 bits per heavy atom. The van der Waals surface area contributed by atoms with Gasteiger partial charge in [0.25, 0.3) is 0 Å². The summed E-state index contributed by atoms with van der Waals surface area (Å²) in [4.78, 5) is 15.7. The molecule has 0 radical (unpaired) electrons. The lowest BCUT2D eigenvalue weighted by Crippen LogP contribution is -2.53. The second-order valence-corrected chi connectivity index (χ2v) is 8.64. The Hall–Kier alpha value is -1.72. The van der Waals surface area contributed by atoms with Crippen molar-refractivity contribution in [3.63, 3.8) is 0 Å². The van der Waals surface area contributed by atoms with Crippen LogP contribution in [0.5, 0.6) is 0 Å². The Labute approximate surface area is 149 Å². The fraction of sp³-hybridized carbons (Fsp3) is 0.600. The Bertz CT molecular complexity index is 760. The first kappa shape index (κ1) is 20.6. The van der Waals surface area contributed by atoms with Gasteiger partial charge in [0.15, 0.2) is 4.75 Å². The summed E-state index contributed by atoms with van der Waals surface area (Å²) < 4.78 is 68.9. The van der Waals surface area contributed by atoms with E-state index in [2.05, 4.69) is 15.0 Å². The minimum atomic E-state index is -4.67. The van der Waals surface area contributed by atoms with Gasteiger partial charge in [-0.3, -0.25) is 4.79 Å². The van der Waals surface area contributed by atoms with Crippen molar-refractivity contribution in [2.45, 2.75) is 43.7 Å². The van der Waals surface area contributed by atoms with E-state index in [0.717, 1.165) is 18.2 Å². The molecule has 0 aliphatic carbocycles. The maximum atomic E-state index is 12.7. The maximum Gasteiger partial charge on any atom is 0.433 e. The van der Waals surface area contributed by atoms with Crippen LogP contribution in [-0.2, 0) is 25.7 Å². The van der Waals surface area contributed by atoms with Gasteiger partial charge in [-0.2, -0.15) is 13.2 Å². The van der Waals surface area contributed by atoms with Gasteiger partial charge < -0.3 is 10.1 Å². The average Bonchev–Trinajstić information content (AvgIpc) is 2.54. The Kier molecular flexibility index (Phi) is 5.93. The summed E-state index contributed by atoms with van der Waals surface area (Å²) in [5.74, 6) is -1.36. The third kappa shape index (κ3) is 4.71. The predicted molar refractivity (Wildman–Crippen MR) is 87.8 cm³/mol. The Balaban J connectivity index is 2.14. The van der Waals surface area contributed by atoms with Crippen molar-refractivity contribution in [1.29, 1.82) is 0 Å². The molecule has 11 heteroatoms. The predicted octanol–water partition coefficient (Wildman–Crippen LogP) is 1.92. The first-order valence-corrected chi connectivity index (χ1v) is 9.37. The number of anilines is 1. The second kappa shape index (κ2) is 7.49. The van der Waals surface area contributed by atoms with Crippen molar-refractivity contribution in [2.75, 3.05) is 18.5 Å². The van der Waals surface area contributed by atoms with Crippen LogP contribution in [-0.4, -0.2) is 43.3 Å². The lowest BCUT2D eigenvalue weighted by molar-refractivity contribution is -0.141. The average molecular weight is 395 g/mol. The molecule has 0 atom stereocenters.